The smallest absolute Gasteiger partial charge is 0.286 e. The number of aliphatic imine (C=N–C) groups is 1. The molecule has 4 rings (SSSR count). The third-order valence-corrected chi connectivity index (χ3v) is 6.14. The van der Waals surface area contributed by atoms with Crippen LogP contribution in [-0.2, 0) is 4.79 Å². The summed E-state index contributed by atoms with van der Waals surface area (Å²) in [6.07, 6.45) is 1.83. The van der Waals surface area contributed by atoms with Crippen molar-refractivity contribution in [2.45, 2.75) is 6.92 Å². The average Bonchev–Trinajstić information content (AvgIpc) is 3.05. The quantitative estimate of drug-likeness (QED) is 0.702. The molecule has 0 unspecified atom stereocenters. The Labute approximate surface area is 168 Å². The molecule has 2 heterocycles. The lowest BCUT2D eigenvalue weighted by Crippen LogP contribution is -2.47. The molecule has 6 heteroatoms. The van der Waals surface area contributed by atoms with Crippen molar-refractivity contribution < 1.29 is 4.79 Å². The van der Waals surface area contributed by atoms with Crippen LogP contribution < -0.4 is 4.90 Å². The van der Waals surface area contributed by atoms with Crippen molar-refractivity contribution in [3.8, 4) is 0 Å². The van der Waals surface area contributed by atoms with Crippen molar-refractivity contribution in [2.75, 3.05) is 31.1 Å². The molecule has 0 saturated carbocycles. The molecule has 1 saturated heterocycles. The highest BCUT2D eigenvalue weighted by atomic mass is 35.5. The second-order valence-electron chi connectivity index (χ2n) is 6.64. The van der Waals surface area contributed by atoms with Crippen molar-refractivity contribution >= 4 is 46.2 Å². The predicted molar refractivity (Wildman–Crippen MR) is 114 cm³/mol. The van der Waals surface area contributed by atoms with Gasteiger partial charge in [0, 0.05) is 36.9 Å². The van der Waals surface area contributed by atoms with E-state index in [1.165, 1.54) is 23.0 Å². The maximum absolute atomic E-state index is 12.3. The van der Waals surface area contributed by atoms with E-state index in [-0.39, 0.29) is 5.91 Å². The van der Waals surface area contributed by atoms with E-state index in [0.29, 0.717) is 9.93 Å². The molecular formula is C21H20ClN3OS. The lowest BCUT2D eigenvalue weighted by Gasteiger charge is -2.36. The molecule has 2 aromatic carbocycles. The summed E-state index contributed by atoms with van der Waals surface area (Å²) in [6.45, 7) is 5.64. The van der Waals surface area contributed by atoms with Gasteiger partial charge in [0.25, 0.3) is 5.91 Å². The van der Waals surface area contributed by atoms with Gasteiger partial charge in [-0.15, -0.1) is 0 Å². The van der Waals surface area contributed by atoms with Gasteiger partial charge in [-0.1, -0.05) is 47.5 Å². The molecular weight excluding hydrogens is 378 g/mol. The number of aryl methyl sites for hydroxylation is 1. The molecule has 0 radical (unpaired) electrons. The van der Waals surface area contributed by atoms with Gasteiger partial charge in [-0.25, -0.2) is 0 Å². The van der Waals surface area contributed by atoms with Gasteiger partial charge in [0.05, 0.1) is 4.91 Å². The van der Waals surface area contributed by atoms with Crippen LogP contribution in [0.1, 0.15) is 11.1 Å². The number of halogens is 1. The fourth-order valence-corrected chi connectivity index (χ4v) is 4.32. The summed E-state index contributed by atoms with van der Waals surface area (Å²) in [7, 11) is 0. The SMILES string of the molecule is Cc1ccc(N2CCN(C3=NC(=O)C(=Cc4ccccc4Cl)S3)CC2)cc1. The Bertz CT molecular complexity index is 915. The molecule has 0 aromatic heterocycles. The lowest BCUT2D eigenvalue weighted by molar-refractivity contribution is -0.113. The van der Waals surface area contributed by atoms with Crippen LogP contribution in [0.2, 0.25) is 5.02 Å². The largest absolute Gasteiger partial charge is 0.368 e. The Balaban J connectivity index is 1.41. The van der Waals surface area contributed by atoms with Crippen LogP contribution in [0.15, 0.2) is 58.4 Å². The van der Waals surface area contributed by atoms with E-state index in [0.717, 1.165) is 36.9 Å². The molecule has 2 aliphatic rings. The van der Waals surface area contributed by atoms with E-state index in [4.69, 9.17) is 11.6 Å². The molecule has 4 nitrogen and oxygen atoms in total. The van der Waals surface area contributed by atoms with E-state index in [1.807, 2.05) is 30.3 Å². The lowest BCUT2D eigenvalue weighted by atomic mass is 10.2. The first kappa shape index (κ1) is 18.1. The number of amides is 1. The standard InChI is InChI=1S/C21H20ClN3OS/c1-15-6-8-17(9-7-15)24-10-12-25(13-11-24)21-23-20(26)19(27-21)14-16-4-2-3-5-18(16)22/h2-9,14H,10-13H2,1H3. The number of hydrogen-bond donors (Lipinski definition) is 0. The molecule has 0 bridgehead atoms. The first-order valence-corrected chi connectivity index (χ1v) is 10.1. The van der Waals surface area contributed by atoms with Gasteiger partial charge < -0.3 is 9.80 Å². The normalized spacial score (nSPS) is 19.0. The van der Waals surface area contributed by atoms with Crippen molar-refractivity contribution in [3.63, 3.8) is 0 Å². The summed E-state index contributed by atoms with van der Waals surface area (Å²) < 4.78 is 0. The second kappa shape index (κ2) is 7.79. The average molecular weight is 398 g/mol. The summed E-state index contributed by atoms with van der Waals surface area (Å²) in [5.74, 6) is -0.184. The Morgan fingerprint density at radius 2 is 1.67 bits per heavy atom. The van der Waals surface area contributed by atoms with Crippen LogP contribution in [0, 0.1) is 6.92 Å². The highest BCUT2D eigenvalue weighted by Gasteiger charge is 2.28. The third-order valence-electron chi connectivity index (χ3n) is 4.75. The molecule has 0 N–H and O–H groups in total. The van der Waals surface area contributed by atoms with Crippen LogP contribution >= 0.6 is 23.4 Å². The minimum absolute atomic E-state index is 0.184. The Morgan fingerprint density at radius 1 is 1.00 bits per heavy atom. The van der Waals surface area contributed by atoms with Crippen LogP contribution in [0.25, 0.3) is 6.08 Å². The summed E-state index contributed by atoms with van der Waals surface area (Å²) in [5.41, 5.74) is 3.36. The van der Waals surface area contributed by atoms with Gasteiger partial charge in [0.1, 0.15) is 0 Å². The second-order valence-corrected chi connectivity index (χ2v) is 8.06. The predicted octanol–water partition coefficient (Wildman–Crippen LogP) is 4.44. The number of hydrogen-bond acceptors (Lipinski definition) is 4. The zero-order valence-corrected chi connectivity index (χ0v) is 16.6. The molecule has 0 spiro atoms. The zero-order chi connectivity index (χ0) is 18.8. The van der Waals surface area contributed by atoms with Crippen LogP contribution in [0.5, 0.6) is 0 Å². The number of benzene rings is 2. The summed E-state index contributed by atoms with van der Waals surface area (Å²) >= 11 is 7.64. The fraction of sp³-hybridized carbons (Fsp3) is 0.238. The number of thioether (sulfide) groups is 1. The molecule has 1 fully saturated rings. The molecule has 2 aromatic rings. The molecule has 0 aliphatic carbocycles. The molecule has 2 aliphatic heterocycles. The molecule has 138 valence electrons. The van der Waals surface area contributed by atoms with E-state index in [2.05, 4.69) is 46.0 Å². The first-order chi connectivity index (χ1) is 13.1. The number of nitrogens with zero attached hydrogens (tertiary/aromatic N) is 3. The first-order valence-electron chi connectivity index (χ1n) is 8.94. The van der Waals surface area contributed by atoms with E-state index in [9.17, 15) is 4.79 Å². The van der Waals surface area contributed by atoms with Crippen LogP contribution in [-0.4, -0.2) is 42.2 Å². The number of anilines is 1. The van der Waals surface area contributed by atoms with E-state index in [1.54, 1.807) is 0 Å². The number of carbonyl (C=O) groups is 1. The Hall–Kier alpha value is -2.24. The van der Waals surface area contributed by atoms with Crippen LogP contribution in [0.4, 0.5) is 5.69 Å². The Morgan fingerprint density at radius 3 is 2.37 bits per heavy atom. The topological polar surface area (TPSA) is 35.9 Å². The molecule has 27 heavy (non-hydrogen) atoms. The molecule has 0 atom stereocenters. The molecule has 1 amide bonds. The van der Waals surface area contributed by atoms with Crippen molar-refractivity contribution in [1.82, 2.24) is 4.90 Å². The Kier molecular flexibility index (Phi) is 5.23. The van der Waals surface area contributed by atoms with E-state index < -0.39 is 0 Å². The highest BCUT2D eigenvalue weighted by Crippen LogP contribution is 2.32. The maximum Gasteiger partial charge on any atom is 0.286 e. The number of rotatable bonds is 2. The van der Waals surface area contributed by atoms with Gasteiger partial charge in [-0.2, -0.15) is 4.99 Å². The van der Waals surface area contributed by atoms with E-state index >= 15 is 0 Å². The zero-order valence-electron chi connectivity index (χ0n) is 15.1. The number of amidine groups is 1. The van der Waals surface area contributed by atoms with Gasteiger partial charge in [0.2, 0.25) is 0 Å². The third kappa shape index (κ3) is 4.04. The van der Waals surface area contributed by atoms with Crippen molar-refractivity contribution in [2.24, 2.45) is 4.99 Å². The van der Waals surface area contributed by atoms with Gasteiger partial charge in [-0.3, -0.25) is 4.79 Å². The summed E-state index contributed by atoms with van der Waals surface area (Å²) in [5, 5.41) is 1.43. The van der Waals surface area contributed by atoms with Gasteiger partial charge in [0.15, 0.2) is 5.17 Å². The number of piperazine rings is 1. The van der Waals surface area contributed by atoms with Gasteiger partial charge in [-0.05, 0) is 48.5 Å². The van der Waals surface area contributed by atoms with Crippen molar-refractivity contribution in [3.05, 3.63) is 69.6 Å². The van der Waals surface area contributed by atoms with Crippen molar-refractivity contribution in [1.29, 1.82) is 0 Å². The fourth-order valence-electron chi connectivity index (χ4n) is 3.18. The maximum atomic E-state index is 12.3. The minimum atomic E-state index is -0.184. The highest BCUT2D eigenvalue weighted by molar-refractivity contribution is 8.18. The minimum Gasteiger partial charge on any atom is -0.368 e. The summed E-state index contributed by atoms with van der Waals surface area (Å²) in [4.78, 5) is 21.8. The summed E-state index contributed by atoms with van der Waals surface area (Å²) in [6, 6.07) is 16.1. The monoisotopic (exact) mass is 397 g/mol. The van der Waals surface area contributed by atoms with Crippen LogP contribution in [0.3, 0.4) is 0 Å². The number of carbonyl (C=O) groups excluding carboxylic acids is 1. The van der Waals surface area contributed by atoms with Gasteiger partial charge >= 0.3 is 0 Å².